The van der Waals surface area contributed by atoms with Crippen LogP contribution in [0, 0.1) is 10.1 Å². The smallest absolute Gasteiger partial charge is 0.475 e. The van der Waals surface area contributed by atoms with Crippen molar-refractivity contribution in [2.24, 2.45) is 0 Å². The van der Waals surface area contributed by atoms with Gasteiger partial charge < -0.3 is 15.5 Å². The quantitative estimate of drug-likeness (QED) is 0.374. The first-order valence-corrected chi connectivity index (χ1v) is 8.08. The lowest BCUT2D eigenvalue weighted by Gasteiger charge is -2.12. The molecule has 0 radical (unpaired) electrons. The number of carboxylic acids is 1. The Morgan fingerprint density at radius 3 is 2.11 bits per heavy atom. The zero-order valence-electron chi connectivity index (χ0n) is 14.6. The number of nitro groups is 1. The summed E-state index contributed by atoms with van der Waals surface area (Å²) < 4.78 is 31.7. The summed E-state index contributed by atoms with van der Waals surface area (Å²) >= 11 is 0. The van der Waals surface area contributed by atoms with Crippen molar-refractivity contribution in [2.45, 2.75) is 18.7 Å². The molecule has 2 rings (SSSR count). The number of nitrogens with one attached hydrogen (secondary N) is 1. The standard InChI is InChI=1S/C16H18N2O3.C2HF3O2/c19-16(14-4-2-1-3-5-14)12-17-11-10-13-6-8-15(9-7-13)18(20)21;3-2(4,5)1(6)7/h1-9,16-17,19H,10-12H2;(H,6,7)/t16-;/m0./s1. The van der Waals surface area contributed by atoms with E-state index in [-0.39, 0.29) is 5.69 Å². The maximum Gasteiger partial charge on any atom is 0.490 e. The van der Waals surface area contributed by atoms with Gasteiger partial charge in [0.05, 0.1) is 11.0 Å². The van der Waals surface area contributed by atoms with Crippen LogP contribution in [-0.2, 0) is 11.2 Å². The number of carbonyl (C=O) groups is 1. The van der Waals surface area contributed by atoms with Gasteiger partial charge in [0.15, 0.2) is 0 Å². The van der Waals surface area contributed by atoms with E-state index in [9.17, 15) is 28.4 Å². The Balaban J connectivity index is 0.000000480. The first-order valence-electron chi connectivity index (χ1n) is 8.08. The second-order valence-electron chi connectivity index (χ2n) is 5.61. The molecule has 0 aromatic heterocycles. The predicted molar refractivity (Wildman–Crippen MR) is 94.8 cm³/mol. The number of carboxylic acid groups (broad SMARTS) is 1. The van der Waals surface area contributed by atoms with E-state index in [1.807, 2.05) is 30.3 Å². The van der Waals surface area contributed by atoms with Crippen LogP contribution >= 0.6 is 0 Å². The van der Waals surface area contributed by atoms with Crippen LogP contribution in [-0.4, -0.2) is 40.4 Å². The van der Waals surface area contributed by atoms with Gasteiger partial charge in [-0.2, -0.15) is 13.2 Å². The summed E-state index contributed by atoms with van der Waals surface area (Å²) in [6.45, 7) is 1.19. The number of aliphatic hydroxyl groups is 1. The molecule has 7 nitrogen and oxygen atoms in total. The fourth-order valence-electron chi connectivity index (χ4n) is 2.05. The lowest BCUT2D eigenvalue weighted by Crippen LogP contribution is -2.23. The Hall–Kier alpha value is -2.98. The molecule has 0 fully saturated rings. The van der Waals surface area contributed by atoms with Crippen molar-refractivity contribution in [1.82, 2.24) is 5.32 Å². The molecule has 10 heteroatoms. The van der Waals surface area contributed by atoms with Crippen molar-refractivity contribution < 1.29 is 33.1 Å². The monoisotopic (exact) mass is 400 g/mol. The minimum Gasteiger partial charge on any atom is -0.475 e. The molecular weight excluding hydrogens is 381 g/mol. The molecule has 0 bridgehead atoms. The lowest BCUT2D eigenvalue weighted by atomic mass is 10.1. The molecule has 0 spiro atoms. The van der Waals surface area contributed by atoms with Crippen LogP contribution in [0.1, 0.15) is 17.2 Å². The summed E-state index contributed by atoms with van der Waals surface area (Å²) in [4.78, 5) is 19.0. The fourth-order valence-corrected chi connectivity index (χ4v) is 2.05. The predicted octanol–water partition coefficient (Wildman–Crippen LogP) is 3.09. The molecule has 0 saturated carbocycles. The number of aliphatic hydroxyl groups excluding tert-OH is 1. The zero-order valence-corrected chi connectivity index (χ0v) is 14.6. The molecule has 0 saturated heterocycles. The highest BCUT2D eigenvalue weighted by Crippen LogP contribution is 2.14. The third kappa shape index (κ3) is 8.60. The maximum atomic E-state index is 10.6. The van der Waals surface area contributed by atoms with Crippen LogP contribution in [0.25, 0.3) is 0 Å². The number of rotatable bonds is 7. The fraction of sp³-hybridized carbons (Fsp3) is 0.278. The van der Waals surface area contributed by atoms with E-state index >= 15 is 0 Å². The van der Waals surface area contributed by atoms with Gasteiger partial charge >= 0.3 is 12.1 Å². The van der Waals surface area contributed by atoms with Crippen LogP contribution in [0.4, 0.5) is 18.9 Å². The van der Waals surface area contributed by atoms with Crippen molar-refractivity contribution in [1.29, 1.82) is 0 Å². The Kier molecular flexibility index (Phi) is 9.06. The molecule has 0 aliphatic carbocycles. The third-order valence-corrected chi connectivity index (χ3v) is 3.50. The first-order chi connectivity index (χ1) is 13.1. The summed E-state index contributed by atoms with van der Waals surface area (Å²) in [6, 6.07) is 16.0. The molecular formula is C18H19F3N2O5. The molecule has 0 aliphatic heterocycles. The number of hydrogen-bond acceptors (Lipinski definition) is 5. The van der Waals surface area contributed by atoms with Crippen LogP contribution in [0.2, 0.25) is 0 Å². The third-order valence-electron chi connectivity index (χ3n) is 3.50. The minimum absolute atomic E-state index is 0.103. The molecule has 3 N–H and O–H groups in total. The SMILES string of the molecule is O=C(O)C(F)(F)F.O=[N+]([O-])c1ccc(CCNC[C@H](O)c2ccccc2)cc1. The topological polar surface area (TPSA) is 113 Å². The van der Waals surface area contributed by atoms with Gasteiger partial charge in [0.25, 0.3) is 5.69 Å². The van der Waals surface area contributed by atoms with Gasteiger partial charge in [-0.05, 0) is 24.1 Å². The number of nitrogens with zero attached hydrogens (tertiary/aromatic N) is 1. The molecule has 0 heterocycles. The van der Waals surface area contributed by atoms with E-state index in [4.69, 9.17) is 9.90 Å². The van der Waals surface area contributed by atoms with Crippen LogP contribution in [0.5, 0.6) is 0 Å². The highest BCUT2D eigenvalue weighted by Gasteiger charge is 2.38. The van der Waals surface area contributed by atoms with Crippen molar-refractivity contribution in [3.05, 3.63) is 75.8 Å². The number of alkyl halides is 3. The van der Waals surface area contributed by atoms with Crippen LogP contribution in [0.3, 0.4) is 0 Å². The molecule has 152 valence electrons. The van der Waals surface area contributed by atoms with Crippen molar-refractivity contribution in [3.63, 3.8) is 0 Å². The van der Waals surface area contributed by atoms with Gasteiger partial charge in [-0.25, -0.2) is 4.79 Å². The van der Waals surface area contributed by atoms with Crippen molar-refractivity contribution in [3.8, 4) is 0 Å². The summed E-state index contributed by atoms with van der Waals surface area (Å²) in [6.07, 6.45) is -4.84. The second-order valence-corrected chi connectivity index (χ2v) is 5.61. The number of benzene rings is 2. The molecule has 2 aromatic carbocycles. The maximum absolute atomic E-state index is 10.6. The van der Waals surface area contributed by atoms with E-state index in [1.54, 1.807) is 12.1 Å². The number of aliphatic carboxylic acids is 1. The van der Waals surface area contributed by atoms with Gasteiger partial charge in [0.2, 0.25) is 0 Å². The zero-order chi connectivity index (χ0) is 21.2. The molecule has 2 aromatic rings. The van der Waals surface area contributed by atoms with E-state index in [0.717, 1.165) is 17.5 Å². The van der Waals surface area contributed by atoms with E-state index in [0.29, 0.717) is 13.1 Å². The van der Waals surface area contributed by atoms with Crippen LogP contribution < -0.4 is 5.32 Å². The van der Waals surface area contributed by atoms with Gasteiger partial charge in [-0.3, -0.25) is 10.1 Å². The number of halogens is 3. The molecule has 0 aliphatic rings. The Bertz CT molecular complexity index is 752. The summed E-state index contributed by atoms with van der Waals surface area (Å²) in [7, 11) is 0. The van der Waals surface area contributed by atoms with E-state index in [2.05, 4.69) is 5.32 Å². The van der Waals surface area contributed by atoms with Gasteiger partial charge in [0.1, 0.15) is 0 Å². The van der Waals surface area contributed by atoms with E-state index in [1.165, 1.54) is 12.1 Å². The highest BCUT2D eigenvalue weighted by molar-refractivity contribution is 5.73. The summed E-state index contributed by atoms with van der Waals surface area (Å²) in [5.74, 6) is -2.76. The average molecular weight is 400 g/mol. The number of hydrogen-bond donors (Lipinski definition) is 3. The second kappa shape index (κ2) is 11.0. The van der Waals surface area contributed by atoms with Crippen molar-refractivity contribution >= 4 is 11.7 Å². The van der Waals surface area contributed by atoms with Gasteiger partial charge in [0, 0.05) is 18.7 Å². The van der Waals surface area contributed by atoms with Crippen LogP contribution in [0.15, 0.2) is 54.6 Å². The largest absolute Gasteiger partial charge is 0.490 e. The summed E-state index contributed by atoms with van der Waals surface area (Å²) in [5, 5.41) is 30.8. The normalized spacial score (nSPS) is 11.9. The molecule has 0 amide bonds. The van der Waals surface area contributed by atoms with Gasteiger partial charge in [-0.15, -0.1) is 0 Å². The highest BCUT2D eigenvalue weighted by atomic mass is 19.4. The average Bonchev–Trinajstić information content (AvgIpc) is 2.66. The van der Waals surface area contributed by atoms with E-state index < -0.39 is 23.2 Å². The Labute approximate surface area is 158 Å². The summed E-state index contributed by atoms with van der Waals surface area (Å²) in [5.41, 5.74) is 2.02. The number of non-ortho nitro benzene ring substituents is 1. The molecule has 0 unspecified atom stereocenters. The Morgan fingerprint density at radius 1 is 1.11 bits per heavy atom. The first kappa shape index (κ1) is 23.1. The molecule has 1 atom stereocenters. The van der Waals surface area contributed by atoms with Crippen molar-refractivity contribution in [2.75, 3.05) is 13.1 Å². The molecule has 28 heavy (non-hydrogen) atoms. The minimum atomic E-state index is -5.08. The lowest BCUT2D eigenvalue weighted by molar-refractivity contribution is -0.384. The van der Waals surface area contributed by atoms with Gasteiger partial charge in [-0.1, -0.05) is 42.5 Å². The Morgan fingerprint density at radius 2 is 1.64 bits per heavy atom. The number of nitro benzene ring substituents is 1.